The van der Waals surface area contributed by atoms with Gasteiger partial charge in [-0.2, -0.15) is 0 Å². The number of carbonyl (C=O) groups excluding carboxylic acids is 2. The largest absolute Gasteiger partial charge is 0.490 e. The van der Waals surface area contributed by atoms with E-state index in [1.807, 2.05) is 32.0 Å². The van der Waals surface area contributed by atoms with Crippen molar-refractivity contribution >= 4 is 33.3 Å². The molecular formula is C35H45FN4O7S. The van der Waals surface area contributed by atoms with Gasteiger partial charge >= 0.3 is 6.03 Å². The molecule has 13 heteroatoms. The maximum Gasteiger partial charge on any atom is 0.321 e. The van der Waals surface area contributed by atoms with Crippen LogP contribution in [0.15, 0.2) is 77.7 Å². The van der Waals surface area contributed by atoms with Crippen LogP contribution >= 0.6 is 0 Å². The van der Waals surface area contributed by atoms with Gasteiger partial charge in [-0.1, -0.05) is 25.1 Å². The van der Waals surface area contributed by atoms with Crippen molar-refractivity contribution in [1.29, 1.82) is 0 Å². The van der Waals surface area contributed by atoms with Crippen molar-refractivity contribution in [3.05, 3.63) is 84.2 Å². The number of anilines is 2. The summed E-state index contributed by atoms with van der Waals surface area (Å²) in [4.78, 5) is 30.3. The van der Waals surface area contributed by atoms with Crippen LogP contribution in [0.1, 0.15) is 50.4 Å². The third-order valence-electron chi connectivity index (χ3n) is 8.25. The molecule has 0 spiro atoms. The smallest absolute Gasteiger partial charge is 0.321 e. The van der Waals surface area contributed by atoms with Crippen molar-refractivity contribution in [3.8, 4) is 5.75 Å². The molecule has 1 aliphatic heterocycles. The highest BCUT2D eigenvalue weighted by molar-refractivity contribution is 7.92. The highest BCUT2D eigenvalue weighted by atomic mass is 32.2. The van der Waals surface area contributed by atoms with Crippen LogP contribution in [0.3, 0.4) is 0 Å². The Bertz CT molecular complexity index is 1630. The molecule has 0 fully saturated rings. The van der Waals surface area contributed by atoms with Crippen molar-refractivity contribution in [3.63, 3.8) is 0 Å². The van der Waals surface area contributed by atoms with E-state index in [9.17, 15) is 27.5 Å². The third kappa shape index (κ3) is 9.91. The number of halogens is 1. The number of aliphatic hydroxyl groups excluding tert-OH is 1. The van der Waals surface area contributed by atoms with Gasteiger partial charge in [0.1, 0.15) is 11.6 Å². The fourth-order valence-corrected chi connectivity index (χ4v) is 6.42. The molecule has 4 atom stereocenters. The van der Waals surface area contributed by atoms with Crippen LogP contribution in [0.5, 0.6) is 5.75 Å². The summed E-state index contributed by atoms with van der Waals surface area (Å²) in [5.41, 5.74) is 0.889. The second kappa shape index (κ2) is 16.8. The number of aliphatic hydroxyl groups is 1. The van der Waals surface area contributed by atoms with E-state index in [1.165, 1.54) is 17.0 Å². The number of para-hydroxylation sites is 1. The maximum atomic E-state index is 14.3. The van der Waals surface area contributed by atoms with Crippen molar-refractivity contribution in [2.24, 2.45) is 5.92 Å². The summed E-state index contributed by atoms with van der Waals surface area (Å²) in [5.74, 6) is -1.04. The van der Waals surface area contributed by atoms with Crippen molar-refractivity contribution in [2.75, 3.05) is 43.4 Å². The molecule has 0 radical (unpaired) electrons. The minimum atomic E-state index is -4.10. The molecule has 3 N–H and O–H groups in total. The van der Waals surface area contributed by atoms with Crippen LogP contribution < -0.4 is 14.8 Å². The van der Waals surface area contributed by atoms with E-state index in [1.54, 1.807) is 37.1 Å². The van der Waals surface area contributed by atoms with E-state index in [0.29, 0.717) is 18.7 Å². The van der Waals surface area contributed by atoms with Gasteiger partial charge in [0, 0.05) is 44.0 Å². The van der Waals surface area contributed by atoms with Gasteiger partial charge in [0.15, 0.2) is 0 Å². The number of rotatable bonds is 8. The van der Waals surface area contributed by atoms with E-state index >= 15 is 0 Å². The molecule has 1 aliphatic rings. The van der Waals surface area contributed by atoms with Gasteiger partial charge in [0.2, 0.25) is 0 Å². The summed E-state index contributed by atoms with van der Waals surface area (Å²) < 4.78 is 54.6. The van der Waals surface area contributed by atoms with Crippen LogP contribution in [0.4, 0.5) is 20.6 Å². The van der Waals surface area contributed by atoms with Gasteiger partial charge in [-0.25, -0.2) is 17.6 Å². The lowest BCUT2D eigenvalue weighted by molar-refractivity contribution is -0.0115. The number of hydrogen-bond donors (Lipinski definition) is 3. The zero-order chi connectivity index (χ0) is 34.8. The average Bonchev–Trinajstić information content (AvgIpc) is 3.06. The summed E-state index contributed by atoms with van der Waals surface area (Å²) in [6.07, 6.45) is 1.50. The number of carbonyl (C=O) groups is 2. The Kier molecular flexibility index (Phi) is 12.8. The predicted molar refractivity (Wildman–Crippen MR) is 182 cm³/mol. The number of hydrogen-bond acceptors (Lipinski definition) is 7. The molecule has 0 unspecified atom stereocenters. The first-order chi connectivity index (χ1) is 22.9. The Hall–Kier alpha value is -4.20. The molecule has 3 aromatic rings. The van der Waals surface area contributed by atoms with Crippen LogP contribution in [0.25, 0.3) is 0 Å². The zero-order valence-corrected chi connectivity index (χ0v) is 28.6. The number of ether oxygens (including phenoxy) is 2. The predicted octanol–water partition coefficient (Wildman–Crippen LogP) is 5.59. The van der Waals surface area contributed by atoms with Gasteiger partial charge in [-0.3, -0.25) is 9.52 Å². The maximum absolute atomic E-state index is 14.3. The molecule has 0 aliphatic carbocycles. The Balaban J connectivity index is 1.63. The molecule has 48 heavy (non-hydrogen) atoms. The molecule has 0 aromatic heterocycles. The van der Waals surface area contributed by atoms with Gasteiger partial charge in [-0.15, -0.1) is 0 Å². The summed E-state index contributed by atoms with van der Waals surface area (Å²) in [7, 11) is -2.42. The van der Waals surface area contributed by atoms with Gasteiger partial charge in [0.25, 0.3) is 15.9 Å². The molecule has 0 saturated heterocycles. The molecule has 0 bridgehead atoms. The Morgan fingerprint density at radius 2 is 1.77 bits per heavy atom. The minimum absolute atomic E-state index is 0.112. The first-order valence-corrected chi connectivity index (χ1v) is 17.6. The first-order valence-electron chi connectivity index (χ1n) is 16.1. The average molecular weight is 685 g/mol. The first kappa shape index (κ1) is 36.6. The van der Waals surface area contributed by atoms with Gasteiger partial charge in [0.05, 0.1) is 35.3 Å². The summed E-state index contributed by atoms with van der Waals surface area (Å²) >= 11 is 0. The molecule has 260 valence electrons. The highest BCUT2D eigenvalue weighted by Gasteiger charge is 2.31. The lowest BCUT2D eigenvalue weighted by Crippen LogP contribution is -2.48. The normalized spacial score (nSPS) is 20.1. The van der Waals surface area contributed by atoms with E-state index in [0.717, 1.165) is 37.1 Å². The van der Waals surface area contributed by atoms with E-state index in [2.05, 4.69) is 10.0 Å². The molecule has 3 aromatic carbocycles. The fourth-order valence-electron chi connectivity index (χ4n) is 5.37. The number of nitrogens with zero attached hydrogens (tertiary/aromatic N) is 2. The second-order valence-electron chi connectivity index (χ2n) is 12.2. The number of sulfonamides is 1. The number of urea groups is 1. The number of nitrogens with one attached hydrogen (secondary N) is 2. The molecule has 0 saturated carbocycles. The Labute approximate surface area is 282 Å². The summed E-state index contributed by atoms with van der Waals surface area (Å²) in [5, 5.41) is 13.1. The zero-order valence-electron chi connectivity index (χ0n) is 27.8. The quantitative estimate of drug-likeness (QED) is 0.282. The Morgan fingerprint density at radius 3 is 2.46 bits per heavy atom. The minimum Gasteiger partial charge on any atom is -0.490 e. The molecular weight excluding hydrogens is 639 g/mol. The lowest BCUT2D eigenvalue weighted by atomic mass is 10.0. The van der Waals surface area contributed by atoms with Crippen molar-refractivity contribution in [2.45, 2.75) is 63.2 Å². The lowest BCUT2D eigenvalue weighted by Gasteiger charge is -2.35. The van der Waals surface area contributed by atoms with Crippen LogP contribution in [0.2, 0.25) is 0 Å². The topological polar surface area (TPSA) is 138 Å². The van der Waals surface area contributed by atoms with Crippen LogP contribution in [-0.2, 0) is 14.8 Å². The number of fused-ring (bicyclic) bond motifs is 1. The number of likely N-dealkylation sites (N-methyl/N-ethyl adjacent to an activating group) is 1. The number of benzene rings is 3. The standard InChI is InChI=1S/C35H45FN4O7S/c1-24-21-40(25(2)23-41)34(42)31-20-29(38-48(44,45)30-16-13-27(36)14-17-30)15-18-32(31)47-26(3)10-8-9-19-46-33(24)22-39(4)35(43)37-28-11-6-5-7-12-28/h5-7,11-18,20,24-26,33,38,41H,8-10,19,21-23H2,1-4H3,(H,37,43)/t24-,25+,26+,33+/m0/s1. The summed E-state index contributed by atoms with van der Waals surface area (Å²) in [6, 6.07) is 17.1. The molecule has 4 rings (SSSR count). The van der Waals surface area contributed by atoms with Crippen LogP contribution in [0, 0.1) is 11.7 Å². The van der Waals surface area contributed by atoms with Crippen molar-refractivity contribution in [1.82, 2.24) is 9.80 Å². The van der Waals surface area contributed by atoms with E-state index < -0.39 is 33.9 Å². The molecule has 11 nitrogen and oxygen atoms in total. The third-order valence-corrected chi connectivity index (χ3v) is 9.65. The van der Waals surface area contributed by atoms with Gasteiger partial charge in [-0.05, 0) is 87.7 Å². The van der Waals surface area contributed by atoms with E-state index in [4.69, 9.17) is 9.47 Å². The number of amides is 3. The Morgan fingerprint density at radius 1 is 1.06 bits per heavy atom. The SMILES string of the molecule is C[C@@H]1CCCCO[C@H](CN(C)C(=O)Nc2ccccc2)[C@@H](C)CN([C@H](C)CO)C(=O)c2cc(NS(=O)(=O)c3ccc(F)cc3)ccc2O1. The second-order valence-corrected chi connectivity index (χ2v) is 13.9. The fraction of sp³-hybridized carbons (Fsp3) is 0.429. The van der Waals surface area contributed by atoms with Crippen molar-refractivity contribution < 1.29 is 37.0 Å². The van der Waals surface area contributed by atoms with Crippen LogP contribution in [-0.4, -0.2) is 86.9 Å². The monoisotopic (exact) mass is 684 g/mol. The van der Waals surface area contributed by atoms with E-state index in [-0.39, 0.29) is 59.6 Å². The summed E-state index contributed by atoms with van der Waals surface area (Å²) in [6.45, 7) is 6.08. The molecule has 1 heterocycles. The highest BCUT2D eigenvalue weighted by Crippen LogP contribution is 2.29. The van der Waals surface area contributed by atoms with Gasteiger partial charge < -0.3 is 29.7 Å². The molecule has 3 amide bonds.